The van der Waals surface area contributed by atoms with Crippen LogP contribution in [0.3, 0.4) is 0 Å². The van der Waals surface area contributed by atoms with E-state index in [1.807, 2.05) is 11.0 Å². The largest absolute Gasteiger partial charge is 0.416 e. The molecule has 1 saturated heterocycles. The first-order valence-corrected chi connectivity index (χ1v) is 15.1. The molecule has 4 aromatic rings. The Bertz CT molecular complexity index is 1660. The third-order valence-electron chi connectivity index (χ3n) is 8.78. The van der Waals surface area contributed by atoms with Gasteiger partial charge in [-0.1, -0.05) is 72.8 Å². The number of likely N-dealkylation sites (tertiary alicyclic amines) is 1. The Kier molecular flexibility index (Phi) is 8.76. The lowest BCUT2D eigenvalue weighted by Crippen LogP contribution is -2.48. The molecule has 238 valence electrons. The van der Waals surface area contributed by atoms with E-state index in [1.165, 1.54) is 65.6 Å². The van der Waals surface area contributed by atoms with Gasteiger partial charge in [0.1, 0.15) is 17.5 Å². The summed E-state index contributed by atoms with van der Waals surface area (Å²) >= 11 is 0. The van der Waals surface area contributed by atoms with Crippen molar-refractivity contribution in [3.63, 3.8) is 0 Å². The lowest BCUT2D eigenvalue weighted by atomic mass is 9.82. The fraction of sp³-hybridized carbons (Fsp3) is 0.278. The van der Waals surface area contributed by atoms with Gasteiger partial charge in [-0.3, -0.25) is 9.69 Å². The third-order valence-corrected chi connectivity index (χ3v) is 8.78. The molecule has 2 heterocycles. The zero-order valence-electron chi connectivity index (χ0n) is 24.8. The molecule has 46 heavy (non-hydrogen) atoms. The minimum absolute atomic E-state index is 0.0281. The van der Waals surface area contributed by atoms with Gasteiger partial charge in [0, 0.05) is 12.1 Å². The number of amidine groups is 1. The Morgan fingerprint density at radius 3 is 1.96 bits per heavy atom. The Hall–Kier alpha value is -4.41. The van der Waals surface area contributed by atoms with Crippen LogP contribution in [-0.4, -0.2) is 58.9 Å². The highest BCUT2D eigenvalue weighted by Gasteiger charge is 2.51. The first-order chi connectivity index (χ1) is 22.0. The number of rotatable bonds is 8. The Balaban J connectivity index is 1.24. The molecular weight excluding hydrogens is 601 g/mol. The molecule has 1 amide bonds. The number of piperidine rings is 1. The number of carbonyl (C=O) groups is 1. The summed E-state index contributed by atoms with van der Waals surface area (Å²) in [6.07, 6.45) is -4.13. The number of aliphatic imine (C=N–C) groups is 1. The predicted molar refractivity (Wildman–Crippen MR) is 164 cm³/mol. The number of hydrogen-bond donors (Lipinski definition) is 1. The van der Waals surface area contributed by atoms with Crippen molar-refractivity contribution in [2.45, 2.75) is 36.6 Å². The molecule has 6 rings (SSSR count). The number of nitrogens with zero attached hydrogens (tertiary/aromatic N) is 3. The summed E-state index contributed by atoms with van der Waals surface area (Å²) in [5.41, 5.74) is -0.225. The minimum atomic E-state index is -4.40. The van der Waals surface area contributed by atoms with Gasteiger partial charge in [-0.25, -0.2) is 13.8 Å². The van der Waals surface area contributed by atoms with Gasteiger partial charge in [-0.15, -0.1) is 0 Å². The van der Waals surface area contributed by atoms with Crippen LogP contribution in [0.1, 0.15) is 46.6 Å². The fourth-order valence-corrected chi connectivity index (χ4v) is 6.44. The van der Waals surface area contributed by atoms with Gasteiger partial charge in [0.25, 0.3) is 5.91 Å². The standard InChI is InChI=1S/C36H32F5N3O2/c37-30-13-9-27(10-14-30)35(28-11-15-31(38)16-12-28)34(46)44(33(42-35)25-5-2-1-3-6-25)23-32(45)22-43-19-17-24(18-20-43)26-7-4-8-29(21-26)36(39,40)41/h1-16,21,24,32,45H,17-20,22-23H2. The van der Waals surface area contributed by atoms with Crippen LogP contribution in [0.5, 0.6) is 0 Å². The average molecular weight is 634 g/mol. The number of β-amino-alcohol motifs (C(OH)–C–C–N with tert-alkyl or cyclic N) is 1. The number of hydrogen-bond acceptors (Lipinski definition) is 4. The number of alkyl halides is 3. The number of amides is 1. The highest BCUT2D eigenvalue weighted by atomic mass is 19.4. The summed E-state index contributed by atoms with van der Waals surface area (Å²) in [7, 11) is 0. The number of carbonyl (C=O) groups excluding carboxylic acids is 1. The van der Waals surface area contributed by atoms with Gasteiger partial charge in [-0.05, 0) is 78.9 Å². The summed E-state index contributed by atoms with van der Waals surface area (Å²) in [6.45, 7) is 1.28. The second-order valence-corrected chi connectivity index (χ2v) is 11.8. The molecule has 0 aliphatic carbocycles. The molecule has 0 aromatic heterocycles. The second-order valence-electron chi connectivity index (χ2n) is 11.8. The molecule has 5 nitrogen and oxygen atoms in total. The van der Waals surface area contributed by atoms with Crippen molar-refractivity contribution in [3.8, 4) is 0 Å². The van der Waals surface area contributed by atoms with E-state index in [0.717, 1.165) is 6.07 Å². The number of benzene rings is 4. The van der Waals surface area contributed by atoms with E-state index in [9.17, 15) is 31.9 Å². The van der Waals surface area contributed by atoms with Crippen molar-refractivity contribution in [3.05, 3.63) is 143 Å². The fourth-order valence-electron chi connectivity index (χ4n) is 6.44. The number of aliphatic hydroxyl groups excluding tert-OH is 1. The molecule has 0 spiro atoms. The molecule has 0 saturated carbocycles. The van der Waals surface area contributed by atoms with Gasteiger partial charge in [0.2, 0.25) is 0 Å². The highest BCUT2D eigenvalue weighted by Crippen LogP contribution is 2.42. The molecule has 1 fully saturated rings. The summed E-state index contributed by atoms with van der Waals surface area (Å²) in [5.74, 6) is -1.15. The van der Waals surface area contributed by atoms with Crippen molar-refractivity contribution in [1.29, 1.82) is 0 Å². The van der Waals surface area contributed by atoms with Crippen molar-refractivity contribution >= 4 is 11.7 Å². The molecule has 4 aromatic carbocycles. The Morgan fingerprint density at radius 2 is 1.39 bits per heavy atom. The quantitative estimate of drug-likeness (QED) is 0.218. The monoisotopic (exact) mass is 633 g/mol. The van der Waals surface area contributed by atoms with E-state index in [1.54, 1.807) is 30.3 Å². The van der Waals surface area contributed by atoms with E-state index in [4.69, 9.17) is 4.99 Å². The molecule has 1 N–H and O–H groups in total. The molecule has 0 bridgehead atoms. The van der Waals surface area contributed by atoms with Crippen molar-refractivity contribution in [1.82, 2.24) is 9.80 Å². The van der Waals surface area contributed by atoms with E-state index in [2.05, 4.69) is 0 Å². The summed E-state index contributed by atoms with van der Waals surface area (Å²) in [6, 6.07) is 25.4. The Morgan fingerprint density at radius 1 is 0.804 bits per heavy atom. The number of halogens is 5. The molecular formula is C36H32F5N3O2. The van der Waals surface area contributed by atoms with Crippen LogP contribution < -0.4 is 0 Å². The zero-order valence-corrected chi connectivity index (χ0v) is 24.8. The average Bonchev–Trinajstić information content (AvgIpc) is 3.34. The molecule has 1 unspecified atom stereocenters. The summed E-state index contributed by atoms with van der Waals surface area (Å²) < 4.78 is 67.7. The van der Waals surface area contributed by atoms with Crippen LogP contribution in [-0.2, 0) is 16.5 Å². The maximum atomic E-state index is 14.5. The molecule has 0 radical (unpaired) electrons. The van der Waals surface area contributed by atoms with Crippen LogP contribution in [0.4, 0.5) is 22.0 Å². The van der Waals surface area contributed by atoms with Crippen molar-refractivity contribution in [2.24, 2.45) is 4.99 Å². The van der Waals surface area contributed by atoms with Gasteiger partial charge < -0.3 is 10.0 Å². The lowest BCUT2D eigenvalue weighted by molar-refractivity contribution is -0.137. The van der Waals surface area contributed by atoms with E-state index < -0.39 is 40.9 Å². The van der Waals surface area contributed by atoms with Gasteiger partial charge in [0.15, 0.2) is 5.54 Å². The van der Waals surface area contributed by atoms with Gasteiger partial charge in [0.05, 0.1) is 18.2 Å². The predicted octanol–water partition coefficient (Wildman–Crippen LogP) is 6.76. The normalized spacial score (nSPS) is 18.1. The Labute approximate surface area is 263 Å². The molecule has 1 atom stereocenters. The summed E-state index contributed by atoms with van der Waals surface area (Å²) in [4.78, 5) is 23.0. The van der Waals surface area contributed by atoms with E-state index in [0.29, 0.717) is 54.0 Å². The number of aliphatic hydroxyl groups is 1. The SMILES string of the molecule is O=C1N(CC(O)CN2CCC(c3cccc(C(F)(F)F)c3)CC2)C(c2ccccc2)=NC1(c1ccc(F)cc1)c1ccc(F)cc1. The van der Waals surface area contributed by atoms with Crippen molar-refractivity contribution < 1.29 is 31.9 Å². The second kappa shape index (κ2) is 12.8. The lowest BCUT2D eigenvalue weighted by Gasteiger charge is -2.34. The molecule has 2 aliphatic heterocycles. The van der Waals surface area contributed by atoms with Crippen LogP contribution in [0.25, 0.3) is 0 Å². The van der Waals surface area contributed by atoms with Crippen LogP contribution in [0.2, 0.25) is 0 Å². The minimum Gasteiger partial charge on any atom is -0.390 e. The van der Waals surface area contributed by atoms with E-state index >= 15 is 0 Å². The highest BCUT2D eigenvalue weighted by molar-refractivity contribution is 6.16. The van der Waals surface area contributed by atoms with E-state index in [-0.39, 0.29) is 19.0 Å². The maximum absolute atomic E-state index is 14.5. The van der Waals surface area contributed by atoms with Crippen LogP contribution in [0.15, 0.2) is 108 Å². The van der Waals surface area contributed by atoms with Crippen LogP contribution in [0, 0.1) is 11.6 Å². The maximum Gasteiger partial charge on any atom is 0.416 e. The summed E-state index contributed by atoms with van der Waals surface area (Å²) in [5, 5.41) is 11.3. The zero-order chi connectivity index (χ0) is 32.5. The third kappa shape index (κ3) is 6.32. The smallest absolute Gasteiger partial charge is 0.390 e. The molecule has 10 heteroatoms. The van der Waals surface area contributed by atoms with Gasteiger partial charge >= 0.3 is 6.18 Å². The first kappa shape index (κ1) is 31.6. The van der Waals surface area contributed by atoms with Crippen LogP contribution >= 0.6 is 0 Å². The topological polar surface area (TPSA) is 56.1 Å². The van der Waals surface area contributed by atoms with Gasteiger partial charge in [-0.2, -0.15) is 13.2 Å². The van der Waals surface area contributed by atoms with Crippen molar-refractivity contribution in [2.75, 3.05) is 26.2 Å². The first-order valence-electron chi connectivity index (χ1n) is 15.1. The molecule has 2 aliphatic rings.